The summed E-state index contributed by atoms with van der Waals surface area (Å²) in [4.78, 5) is 8.04. The predicted molar refractivity (Wildman–Crippen MR) is 70.8 cm³/mol. The van der Waals surface area contributed by atoms with E-state index in [0.717, 1.165) is 18.1 Å². The first kappa shape index (κ1) is 15.5. The molecule has 1 unspecified atom stereocenters. The minimum atomic E-state index is -4.38. The van der Waals surface area contributed by atoms with E-state index in [4.69, 9.17) is 5.84 Å². The summed E-state index contributed by atoms with van der Waals surface area (Å²) in [5.74, 6) is 6.34. The Labute approximate surface area is 120 Å². The second-order valence-corrected chi connectivity index (χ2v) is 4.68. The Kier molecular flexibility index (Phi) is 4.59. The van der Waals surface area contributed by atoms with Crippen LogP contribution < -0.4 is 11.3 Å². The number of nitrogens with two attached hydrogens (primary N) is 1. The number of rotatable bonds is 5. The average Bonchev–Trinajstić information content (AvgIpc) is 2.85. The zero-order valence-electron chi connectivity index (χ0n) is 11.4. The van der Waals surface area contributed by atoms with Crippen LogP contribution in [0.15, 0.2) is 30.7 Å². The summed E-state index contributed by atoms with van der Waals surface area (Å²) in [5.41, 5.74) is 2.28. The number of pyridine rings is 1. The highest BCUT2D eigenvalue weighted by Crippen LogP contribution is 2.29. The van der Waals surface area contributed by atoms with Gasteiger partial charge < -0.3 is 4.57 Å². The van der Waals surface area contributed by atoms with Crippen molar-refractivity contribution in [3.63, 3.8) is 0 Å². The Morgan fingerprint density at radius 3 is 2.57 bits per heavy atom. The molecule has 0 fully saturated rings. The van der Waals surface area contributed by atoms with Crippen molar-refractivity contribution in [2.45, 2.75) is 25.1 Å². The molecule has 21 heavy (non-hydrogen) atoms. The van der Waals surface area contributed by atoms with Gasteiger partial charge >= 0.3 is 6.18 Å². The van der Waals surface area contributed by atoms with Crippen molar-refractivity contribution in [1.29, 1.82) is 0 Å². The molecule has 8 heteroatoms. The van der Waals surface area contributed by atoms with E-state index < -0.39 is 11.7 Å². The van der Waals surface area contributed by atoms with E-state index >= 15 is 0 Å². The lowest BCUT2D eigenvalue weighted by Gasteiger charge is -2.16. The predicted octanol–water partition coefficient (Wildman–Crippen LogP) is 1.97. The lowest BCUT2D eigenvalue weighted by molar-refractivity contribution is -0.137. The molecule has 0 saturated carbocycles. The molecule has 3 N–H and O–H groups in total. The molecular formula is C13H16F3N5. The Hall–Kier alpha value is -1.93. The van der Waals surface area contributed by atoms with E-state index in [2.05, 4.69) is 15.4 Å². The molecule has 1 atom stereocenters. The fourth-order valence-corrected chi connectivity index (χ4v) is 2.01. The maximum atomic E-state index is 12.5. The van der Waals surface area contributed by atoms with E-state index in [1.54, 1.807) is 6.20 Å². The molecule has 2 heterocycles. The Morgan fingerprint density at radius 1 is 1.33 bits per heavy atom. The zero-order valence-corrected chi connectivity index (χ0v) is 11.4. The highest BCUT2D eigenvalue weighted by molar-refractivity contribution is 5.19. The van der Waals surface area contributed by atoms with Crippen LogP contribution in [0.25, 0.3) is 0 Å². The van der Waals surface area contributed by atoms with Gasteiger partial charge in [0.25, 0.3) is 0 Å². The van der Waals surface area contributed by atoms with Gasteiger partial charge in [0.1, 0.15) is 5.82 Å². The summed E-state index contributed by atoms with van der Waals surface area (Å²) in [5, 5.41) is 0. The van der Waals surface area contributed by atoms with Crippen LogP contribution >= 0.6 is 0 Å². The Bertz CT molecular complexity index is 576. The maximum Gasteiger partial charge on any atom is 0.417 e. The number of hydrogen-bond donors (Lipinski definition) is 2. The number of hydrazine groups is 1. The average molecular weight is 299 g/mol. The van der Waals surface area contributed by atoms with Crippen LogP contribution in [0, 0.1) is 0 Å². The quantitative estimate of drug-likeness (QED) is 0.654. The van der Waals surface area contributed by atoms with Crippen molar-refractivity contribution < 1.29 is 13.2 Å². The number of aromatic nitrogens is 3. The largest absolute Gasteiger partial charge is 0.417 e. The lowest BCUT2D eigenvalue weighted by atomic mass is 10.1. The Morgan fingerprint density at radius 2 is 2.10 bits per heavy atom. The molecule has 2 aromatic heterocycles. The highest BCUT2D eigenvalue weighted by atomic mass is 19.4. The Balaban J connectivity index is 2.05. The highest BCUT2D eigenvalue weighted by Gasteiger charge is 2.30. The van der Waals surface area contributed by atoms with Gasteiger partial charge in [0.15, 0.2) is 0 Å². The zero-order chi connectivity index (χ0) is 15.5. The summed E-state index contributed by atoms with van der Waals surface area (Å²) in [6.07, 6.45) is 1.18. The summed E-state index contributed by atoms with van der Waals surface area (Å²) in [6, 6.07) is 2.02. The number of aryl methyl sites for hydroxylation is 2. The van der Waals surface area contributed by atoms with Gasteiger partial charge in [-0.1, -0.05) is 0 Å². The van der Waals surface area contributed by atoms with E-state index in [1.807, 2.05) is 17.8 Å². The molecule has 2 rings (SSSR count). The SMILES string of the molecule is Cn1ccnc1CCC(NN)c1ccc(C(F)(F)F)cn1. The third kappa shape index (κ3) is 3.79. The molecule has 2 aromatic rings. The molecule has 0 spiro atoms. The van der Waals surface area contributed by atoms with Gasteiger partial charge in [-0.3, -0.25) is 16.3 Å². The number of imidazole rings is 1. The molecule has 0 aliphatic rings. The van der Waals surface area contributed by atoms with Crippen molar-refractivity contribution in [3.05, 3.63) is 47.8 Å². The molecule has 0 radical (unpaired) electrons. The van der Waals surface area contributed by atoms with Gasteiger partial charge in [0.05, 0.1) is 17.3 Å². The molecule has 0 amide bonds. The molecule has 0 aliphatic carbocycles. The van der Waals surface area contributed by atoms with Crippen molar-refractivity contribution in [2.75, 3.05) is 0 Å². The monoisotopic (exact) mass is 299 g/mol. The first-order chi connectivity index (χ1) is 9.91. The van der Waals surface area contributed by atoms with Gasteiger partial charge in [-0.15, -0.1) is 0 Å². The van der Waals surface area contributed by atoms with Gasteiger partial charge in [0, 0.05) is 32.1 Å². The van der Waals surface area contributed by atoms with Crippen LogP contribution in [0.1, 0.15) is 29.5 Å². The summed E-state index contributed by atoms with van der Waals surface area (Å²) < 4.78 is 39.4. The molecule has 114 valence electrons. The van der Waals surface area contributed by atoms with E-state index in [0.29, 0.717) is 18.5 Å². The molecule has 0 saturated heterocycles. The minimum absolute atomic E-state index is 0.330. The van der Waals surface area contributed by atoms with E-state index in [-0.39, 0.29) is 6.04 Å². The van der Waals surface area contributed by atoms with E-state index in [9.17, 15) is 13.2 Å². The lowest BCUT2D eigenvalue weighted by Crippen LogP contribution is -2.29. The molecular weight excluding hydrogens is 283 g/mol. The smallest absolute Gasteiger partial charge is 0.338 e. The number of hydrogen-bond acceptors (Lipinski definition) is 4. The van der Waals surface area contributed by atoms with Crippen molar-refractivity contribution in [2.24, 2.45) is 12.9 Å². The van der Waals surface area contributed by atoms with Crippen LogP contribution in [-0.2, 0) is 19.6 Å². The van der Waals surface area contributed by atoms with Crippen LogP contribution in [-0.4, -0.2) is 14.5 Å². The van der Waals surface area contributed by atoms with Crippen LogP contribution in [0.5, 0.6) is 0 Å². The number of nitrogens with zero attached hydrogens (tertiary/aromatic N) is 3. The van der Waals surface area contributed by atoms with Gasteiger partial charge in [-0.2, -0.15) is 13.2 Å². The van der Waals surface area contributed by atoms with Gasteiger partial charge in [-0.05, 0) is 18.6 Å². The third-order valence-electron chi connectivity index (χ3n) is 3.25. The van der Waals surface area contributed by atoms with E-state index in [1.165, 1.54) is 6.07 Å². The van der Waals surface area contributed by atoms with Gasteiger partial charge in [0.2, 0.25) is 0 Å². The van der Waals surface area contributed by atoms with Crippen molar-refractivity contribution >= 4 is 0 Å². The number of alkyl halides is 3. The molecule has 5 nitrogen and oxygen atoms in total. The topological polar surface area (TPSA) is 68.8 Å². The third-order valence-corrected chi connectivity index (χ3v) is 3.25. The van der Waals surface area contributed by atoms with Crippen LogP contribution in [0.2, 0.25) is 0 Å². The fraction of sp³-hybridized carbons (Fsp3) is 0.385. The normalized spacial score (nSPS) is 13.4. The van der Waals surface area contributed by atoms with Crippen molar-refractivity contribution in [3.8, 4) is 0 Å². The van der Waals surface area contributed by atoms with Crippen LogP contribution in [0.3, 0.4) is 0 Å². The summed E-state index contributed by atoms with van der Waals surface area (Å²) in [6.45, 7) is 0. The van der Waals surface area contributed by atoms with Crippen LogP contribution in [0.4, 0.5) is 13.2 Å². The molecule has 0 aliphatic heterocycles. The first-order valence-electron chi connectivity index (χ1n) is 6.37. The fourth-order valence-electron chi connectivity index (χ4n) is 2.01. The standard InChI is InChI=1S/C13H16F3N5/c1-21-7-6-18-12(21)5-4-11(20-17)10-3-2-9(8-19-10)13(14,15)16/h2-3,6-8,11,20H,4-5,17H2,1H3. The second-order valence-electron chi connectivity index (χ2n) is 4.68. The molecule has 0 aromatic carbocycles. The first-order valence-corrected chi connectivity index (χ1v) is 6.37. The maximum absolute atomic E-state index is 12.5. The summed E-state index contributed by atoms with van der Waals surface area (Å²) in [7, 11) is 1.88. The summed E-state index contributed by atoms with van der Waals surface area (Å²) >= 11 is 0. The van der Waals surface area contributed by atoms with Gasteiger partial charge in [-0.25, -0.2) is 4.98 Å². The second kappa shape index (κ2) is 6.23. The number of nitrogens with one attached hydrogen (secondary N) is 1. The molecule has 0 bridgehead atoms. The number of halogens is 3. The minimum Gasteiger partial charge on any atom is -0.338 e. The van der Waals surface area contributed by atoms with Crippen molar-refractivity contribution in [1.82, 2.24) is 20.0 Å².